The van der Waals surface area contributed by atoms with Crippen molar-refractivity contribution in [1.29, 1.82) is 0 Å². The number of aromatic amines is 2. The van der Waals surface area contributed by atoms with Gasteiger partial charge in [-0.3, -0.25) is 43.7 Å². The molecule has 0 atom stereocenters. The first kappa shape index (κ1) is 41.0. The number of carbonyl (C=O) groups is 4. The number of rotatable bonds is 7. The smallest absolute Gasteiger partial charge is 0.335 e. The molecule has 0 saturated heterocycles. The molecule has 0 unspecified atom stereocenters. The number of H-pyrrole nitrogens is 2. The minimum Gasteiger partial charge on any atom is -0.870 e. The van der Waals surface area contributed by atoms with Crippen LogP contribution in [-0.2, 0) is 14.1 Å². The van der Waals surface area contributed by atoms with Crippen LogP contribution in [0.15, 0.2) is 52.1 Å². The molecular formula is C32H35Cl2F2N8O8-. The van der Waals surface area contributed by atoms with Gasteiger partial charge in [-0.25, -0.2) is 23.2 Å². The molecule has 2 saturated carbocycles. The summed E-state index contributed by atoms with van der Waals surface area (Å²) in [5.41, 5.74) is -0.840. The summed E-state index contributed by atoms with van der Waals surface area (Å²) >= 11 is 11.3. The van der Waals surface area contributed by atoms with Gasteiger partial charge in [-0.05, 0) is 62.1 Å². The fourth-order valence-electron chi connectivity index (χ4n) is 4.33. The van der Waals surface area contributed by atoms with Crippen molar-refractivity contribution < 1.29 is 38.5 Å². The number of amides is 4. The lowest BCUT2D eigenvalue weighted by molar-refractivity contribution is 0.0696. The van der Waals surface area contributed by atoms with Crippen molar-refractivity contribution in [2.24, 2.45) is 14.1 Å². The number of hydrogen-bond donors (Lipinski definition) is 5. The highest BCUT2D eigenvalue weighted by molar-refractivity contribution is 6.33. The second kappa shape index (κ2) is 17.2. The first-order valence-corrected chi connectivity index (χ1v) is 16.0. The van der Waals surface area contributed by atoms with E-state index in [1.165, 1.54) is 53.8 Å². The number of anilines is 2. The third-order valence-electron chi connectivity index (χ3n) is 7.55. The van der Waals surface area contributed by atoms with Crippen molar-refractivity contribution in [3.8, 4) is 0 Å². The molecule has 20 heteroatoms. The van der Waals surface area contributed by atoms with Gasteiger partial charge in [0.15, 0.2) is 0 Å². The van der Waals surface area contributed by atoms with Gasteiger partial charge in [0.05, 0.1) is 5.56 Å². The zero-order chi connectivity index (χ0) is 37.7. The molecule has 2 heterocycles. The molecule has 6 N–H and O–H groups in total. The maximum atomic E-state index is 14.0. The van der Waals surface area contributed by atoms with Crippen LogP contribution in [0, 0.1) is 11.6 Å². The van der Waals surface area contributed by atoms with Crippen molar-refractivity contribution in [2.75, 3.05) is 23.9 Å². The number of urea groups is 2. The Balaban J connectivity index is 0.000000235. The number of hydrogen-bond acceptors (Lipinski definition) is 7. The Labute approximate surface area is 304 Å². The number of nitrogens with zero attached hydrogens (tertiary/aromatic N) is 4. The number of carboxylic acid groups (broad SMARTS) is 1. The predicted octanol–water partition coefficient (Wildman–Crippen LogP) is 4.07. The highest BCUT2D eigenvalue weighted by Crippen LogP contribution is 2.24. The Morgan fingerprint density at radius 1 is 0.769 bits per heavy atom. The van der Waals surface area contributed by atoms with E-state index >= 15 is 0 Å². The van der Waals surface area contributed by atoms with E-state index in [1.54, 1.807) is 7.05 Å². The summed E-state index contributed by atoms with van der Waals surface area (Å²) < 4.78 is 29.6. The Bertz CT molecular complexity index is 2090. The Morgan fingerprint density at radius 3 is 1.58 bits per heavy atom. The topological polar surface area (TPSA) is 225 Å². The Morgan fingerprint density at radius 2 is 1.23 bits per heavy atom. The maximum Gasteiger partial charge on any atom is 0.335 e. The van der Waals surface area contributed by atoms with Crippen molar-refractivity contribution in [2.45, 2.75) is 37.8 Å². The fourth-order valence-corrected chi connectivity index (χ4v) is 4.85. The van der Waals surface area contributed by atoms with Crippen LogP contribution in [0.25, 0.3) is 0 Å². The second-order valence-corrected chi connectivity index (χ2v) is 12.5. The normalized spacial score (nSPS) is 12.9. The van der Waals surface area contributed by atoms with Crippen LogP contribution in [0.1, 0.15) is 52.0 Å². The third-order valence-corrected chi connectivity index (χ3v) is 8.02. The summed E-state index contributed by atoms with van der Waals surface area (Å²) in [6, 6.07) is 7.69. The number of aromatic carboxylic acids is 1. The average molecular weight is 769 g/mol. The van der Waals surface area contributed by atoms with E-state index in [-0.39, 0.29) is 68.4 Å². The van der Waals surface area contributed by atoms with Gasteiger partial charge in [-0.2, -0.15) is 0 Å². The van der Waals surface area contributed by atoms with Crippen molar-refractivity contribution >= 4 is 58.4 Å². The summed E-state index contributed by atoms with van der Waals surface area (Å²) in [6.07, 6.45) is 3.73. The van der Waals surface area contributed by atoms with Crippen molar-refractivity contribution in [1.82, 2.24) is 30.2 Å². The quantitative estimate of drug-likeness (QED) is 0.172. The standard InChI is InChI=1S/C16H16ClFN4O3.C12H13FN2O3.C4H5ClN2O.H2O/c1-21(16(25)19-10-3-4-10)11-6-8(5-9(18)7-11)13(23)12-14(17)20-22(2)15(12)24;1-15(12(18)14-9-2-3-9)10-5-7(11(16)17)4-8(13)6-10;1-7-4(8)2-3(5)6-7;/h5-7,10,20H,3-4H2,1-2H3,(H,19,25);4-6,9H,2-3H2,1H3,(H,14,18)(H,16,17);2,6H,1H3;1H2/p-1. The largest absolute Gasteiger partial charge is 0.870 e. The maximum absolute atomic E-state index is 14.0. The minimum absolute atomic E-state index is 0. The van der Waals surface area contributed by atoms with E-state index in [0.717, 1.165) is 54.6 Å². The number of halogens is 4. The first-order valence-electron chi connectivity index (χ1n) is 15.3. The van der Waals surface area contributed by atoms with Crippen LogP contribution in [0.5, 0.6) is 0 Å². The van der Waals surface area contributed by atoms with Crippen LogP contribution < -0.4 is 31.6 Å². The number of aromatic nitrogens is 4. The van der Waals surface area contributed by atoms with Crippen LogP contribution in [-0.4, -0.2) is 80.1 Å². The van der Waals surface area contributed by atoms with Crippen molar-refractivity contribution in [3.05, 3.63) is 102 Å². The molecular weight excluding hydrogens is 733 g/mol. The summed E-state index contributed by atoms with van der Waals surface area (Å²) in [4.78, 5) is 72.1. The number of carbonyl (C=O) groups excluding carboxylic acids is 3. The van der Waals surface area contributed by atoms with E-state index in [0.29, 0.717) is 5.15 Å². The molecule has 280 valence electrons. The van der Waals surface area contributed by atoms with Gasteiger partial charge in [0.2, 0.25) is 5.78 Å². The van der Waals surface area contributed by atoms with E-state index in [1.807, 2.05) is 0 Å². The summed E-state index contributed by atoms with van der Waals surface area (Å²) in [5, 5.41) is 19.7. The van der Waals surface area contributed by atoms with Gasteiger partial charge in [0.1, 0.15) is 27.5 Å². The predicted molar refractivity (Wildman–Crippen MR) is 187 cm³/mol. The van der Waals surface area contributed by atoms with E-state index in [4.69, 9.17) is 28.3 Å². The molecule has 2 fully saturated rings. The van der Waals surface area contributed by atoms with Gasteiger partial charge in [-0.15, -0.1) is 0 Å². The lowest BCUT2D eigenvalue weighted by Gasteiger charge is -2.18. The van der Waals surface area contributed by atoms with Crippen LogP contribution in [0.2, 0.25) is 10.3 Å². The van der Waals surface area contributed by atoms with E-state index in [2.05, 4.69) is 20.8 Å². The number of ketones is 1. The molecule has 2 aliphatic rings. The van der Waals surface area contributed by atoms with Gasteiger partial charge >= 0.3 is 18.0 Å². The van der Waals surface area contributed by atoms with Crippen LogP contribution >= 0.6 is 23.2 Å². The SMILES string of the molecule is CN(C(=O)NC1CC1)c1cc(F)cc(C(=O)O)c1.CN(C(=O)NC1CC1)c1cc(F)cc(C(=O)c2c(Cl)[nH]n(C)c2=O)c1.Cn1[nH]c(Cl)cc1=O.[OH-]. The average Bonchev–Trinajstić information content (AvgIpc) is 4.00. The molecule has 0 bridgehead atoms. The number of benzene rings is 2. The fraction of sp³-hybridized carbons (Fsp3) is 0.312. The molecule has 16 nitrogen and oxygen atoms in total. The van der Waals surface area contributed by atoms with E-state index < -0.39 is 28.9 Å². The highest BCUT2D eigenvalue weighted by atomic mass is 35.5. The van der Waals surface area contributed by atoms with Gasteiger partial charge in [0.25, 0.3) is 11.1 Å². The summed E-state index contributed by atoms with van der Waals surface area (Å²) in [6.45, 7) is 0. The molecule has 2 aromatic heterocycles. The molecule has 2 aromatic carbocycles. The molecule has 4 aromatic rings. The van der Waals surface area contributed by atoms with Gasteiger partial charge in [-0.1, -0.05) is 23.2 Å². The molecule has 2 aliphatic carbocycles. The monoisotopic (exact) mass is 767 g/mol. The van der Waals surface area contributed by atoms with Crippen LogP contribution in [0.3, 0.4) is 0 Å². The number of nitrogens with one attached hydrogen (secondary N) is 4. The number of carboxylic acids is 1. The summed E-state index contributed by atoms with van der Waals surface area (Å²) in [7, 11) is 5.97. The van der Waals surface area contributed by atoms with Crippen LogP contribution in [0.4, 0.5) is 29.7 Å². The lowest BCUT2D eigenvalue weighted by Crippen LogP contribution is -2.38. The second-order valence-electron chi connectivity index (χ2n) is 11.8. The zero-order valence-corrected chi connectivity index (χ0v) is 29.7. The molecule has 0 spiro atoms. The minimum atomic E-state index is -1.23. The first-order chi connectivity index (χ1) is 23.9. The van der Waals surface area contributed by atoms with Gasteiger partial charge < -0.3 is 21.2 Å². The Kier molecular flexibility index (Phi) is 13.5. The number of aryl methyl sites for hydroxylation is 2. The highest BCUT2D eigenvalue weighted by Gasteiger charge is 2.27. The Hall–Kier alpha value is -5.46. The molecule has 6 rings (SSSR count). The molecule has 0 aliphatic heterocycles. The summed E-state index contributed by atoms with van der Waals surface area (Å²) in [5.74, 6) is -3.33. The molecule has 4 amide bonds. The van der Waals surface area contributed by atoms with E-state index in [9.17, 15) is 37.5 Å². The third kappa shape index (κ3) is 10.8. The lowest BCUT2D eigenvalue weighted by atomic mass is 10.0. The van der Waals surface area contributed by atoms with Gasteiger partial charge in [0, 0.05) is 63.3 Å². The zero-order valence-electron chi connectivity index (χ0n) is 28.2. The van der Waals surface area contributed by atoms with Crippen molar-refractivity contribution in [3.63, 3.8) is 0 Å². The molecule has 0 radical (unpaired) electrons. The molecule has 52 heavy (non-hydrogen) atoms.